The molecule has 1 aromatic heterocycles. The molecule has 0 spiro atoms. The van der Waals surface area contributed by atoms with Crippen molar-refractivity contribution < 1.29 is 5.11 Å². The van der Waals surface area contributed by atoms with E-state index in [1.807, 2.05) is 24.3 Å². The van der Waals surface area contributed by atoms with E-state index in [1.165, 1.54) is 0 Å². The number of nitrogens with one attached hydrogen (secondary N) is 1. The van der Waals surface area contributed by atoms with Gasteiger partial charge < -0.3 is 10.4 Å². The zero-order valence-electron chi connectivity index (χ0n) is 14.5. The Bertz CT molecular complexity index is 980. The van der Waals surface area contributed by atoms with Gasteiger partial charge in [-0.3, -0.25) is 9.36 Å². The second-order valence-corrected chi connectivity index (χ2v) is 6.50. The van der Waals surface area contributed by atoms with E-state index in [-0.39, 0.29) is 11.3 Å². The maximum Gasteiger partial charge on any atom is 0.277 e. The predicted octanol–water partition coefficient (Wildman–Crippen LogP) is 3.22. The van der Waals surface area contributed by atoms with E-state index in [4.69, 9.17) is 4.98 Å². The summed E-state index contributed by atoms with van der Waals surface area (Å²) in [5.41, 5.74) is 3.07. The van der Waals surface area contributed by atoms with Gasteiger partial charge in [0, 0.05) is 13.1 Å². The number of aromatic nitrogens is 2. The molecule has 0 saturated heterocycles. The van der Waals surface area contributed by atoms with E-state index >= 15 is 0 Å². The van der Waals surface area contributed by atoms with Crippen molar-refractivity contribution in [3.63, 3.8) is 0 Å². The molecule has 1 aliphatic rings. The number of phenols is 1. The van der Waals surface area contributed by atoms with Gasteiger partial charge in [-0.25, -0.2) is 4.98 Å². The highest BCUT2D eigenvalue weighted by atomic mass is 16.3. The lowest BCUT2D eigenvalue weighted by molar-refractivity contribution is 0.476. The van der Waals surface area contributed by atoms with Gasteiger partial charge in [0.15, 0.2) is 0 Å². The van der Waals surface area contributed by atoms with Gasteiger partial charge in [0.2, 0.25) is 0 Å². The van der Waals surface area contributed by atoms with Crippen LogP contribution in [0.25, 0.3) is 11.4 Å². The van der Waals surface area contributed by atoms with Gasteiger partial charge in [-0.05, 0) is 37.0 Å². The fourth-order valence-corrected chi connectivity index (χ4v) is 3.39. The van der Waals surface area contributed by atoms with Crippen LogP contribution in [0.2, 0.25) is 0 Å². The molecule has 2 N–H and O–H groups in total. The van der Waals surface area contributed by atoms with E-state index in [0.29, 0.717) is 23.6 Å². The first-order chi connectivity index (χ1) is 12.7. The molecule has 5 nitrogen and oxygen atoms in total. The van der Waals surface area contributed by atoms with Gasteiger partial charge >= 0.3 is 0 Å². The Balaban J connectivity index is 1.82. The Morgan fingerprint density at radius 2 is 1.85 bits per heavy atom. The predicted molar refractivity (Wildman–Crippen MR) is 103 cm³/mol. The number of nitrogens with zero attached hydrogens (tertiary/aromatic N) is 2. The highest BCUT2D eigenvalue weighted by Crippen LogP contribution is 2.29. The molecular formula is C21H21N3O2. The molecule has 2 heterocycles. The minimum atomic E-state index is -0.0658. The molecule has 5 heteroatoms. The second-order valence-electron chi connectivity index (χ2n) is 6.50. The van der Waals surface area contributed by atoms with Crippen molar-refractivity contribution in [3.05, 3.63) is 76.2 Å². The maximum atomic E-state index is 13.1. The third-order valence-electron chi connectivity index (χ3n) is 4.75. The third kappa shape index (κ3) is 3.08. The minimum Gasteiger partial charge on any atom is -0.507 e. The van der Waals surface area contributed by atoms with Crippen molar-refractivity contribution >= 4 is 5.69 Å². The minimum absolute atomic E-state index is 0.0658. The summed E-state index contributed by atoms with van der Waals surface area (Å²) in [6.07, 6.45) is 2.45. The van der Waals surface area contributed by atoms with Crippen molar-refractivity contribution in [2.75, 3.05) is 11.9 Å². The van der Waals surface area contributed by atoms with Crippen LogP contribution in [0, 0.1) is 0 Å². The quantitative estimate of drug-likeness (QED) is 0.760. The summed E-state index contributed by atoms with van der Waals surface area (Å²) in [7, 11) is 0. The van der Waals surface area contributed by atoms with Crippen LogP contribution in [0.5, 0.6) is 5.75 Å². The van der Waals surface area contributed by atoms with E-state index in [2.05, 4.69) is 17.4 Å². The summed E-state index contributed by atoms with van der Waals surface area (Å²) >= 11 is 0. The average Bonchev–Trinajstić information content (AvgIpc) is 2.68. The standard InChI is InChI=1S/C21H21N3O2/c25-18-11-5-4-9-16(18)20-23-17-10-6-13-22-19(17)21(26)24(20)14-12-15-7-2-1-3-8-15/h1-5,7-9,11,22,25H,6,10,12-14H2. The van der Waals surface area contributed by atoms with Crippen LogP contribution in [0.15, 0.2) is 59.4 Å². The fraction of sp³-hybridized carbons (Fsp3) is 0.238. The first-order valence-electron chi connectivity index (χ1n) is 8.94. The van der Waals surface area contributed by atoms with Crippen molar-refractivity contribution in [3.8, 4) is 17.1 Å². The molecule has 3 aromatic rings. The number of phenolic OH excluding ortho intramolecular Hbond substituents is 1. The Morgan fingerprint density at radius 3 is 2.65 bits per heavy atom. The average molecular weight is 347 g/mol. The summed E-state index contributed by atoms with van der Waals surface area (Å²) in [6.45, 7) is 1.30. The van der Waals surface area contributed by atoms with E-state index < -0.39 is 0 Å². The number of aromatic hydroxyl groups is 1. The molecule has 0 unspecified atom stereocenters. The monoisotopic (exact) mass is 347 g/mol. The summed E-state index contributed by atoms with van der Waals surface area (Å²) in [5.74, 6) is 0.670. The Labute approximate surface area is 152 Å². The molecule has 0 aliphatic carbocycles. The second kappa shape index (κ2) is 7.04. The van der Waals surface area contributed by atoms with Crippen LogP contribution >= 0.6 is 0 Å². The third-order valence-corrected chi connectivity index (χ3v) is 4.75. The Kier molecular flexibility index (Phi) is 4.44. The van der Waals surface area contributed by atoms with Crippen molar-refractivity contribution in [1.82, 2.24) is 9.55 Å². The number of anilines is 1. The molecule has 0 bridgehead atoms. The highest BCUT2D eigenvalue weighted by Gasteiger charge is 2.21. The fourth-order valence-electron chi connectivity index (χ4n) is 3.39. The molecule has 0 fully saturated rings. The van der Waals surface area contributed by atoms with Crippen molar-refractivity contribution in [2.45, 2.75) is 25.8 Å². The number of benzene rings is 2. The van der Waals surface area contributed by atoms with E-state index in [0.717, 1.165) is 37.1 Å². The van der Waals surface area contributed by atoms with Gasteiger partial charge in [-0.1, -0.05) is 42.5 Å². The number of hydrogen-bond donors (Lipinski definition) is 2. The normalized spacial score (nSPS) is 13.1. The van der Waals surface area contributed by atoms with Gasteiger partial charge in [-0.15, -0.1) is 0 Å². The summed E-state index contributed by atoms with van der Waals surface area (Å²) < 4.78 is 1.68. The lowest BCUT2D eigenvalue weighted by Crippen LogP contribution is -2.31. The first-order valence-corrected chi connectivity index (χ1v) is 8.94. The summed E-state index contributed by atoms with van der Waals surface area (Å²) in [4.78, 5) is 17.9. The zero-order chi connectivity index (χ0) is 17.9. The number of para-hydroxylation sites is 1. The Morgan fingerprint density at radius 1 is 1.08 bits per heavy atom. The molecule has 1 aliphatic heterocycles. The lowest BCUT2D eigenvalue weighted by Gasteiger charge is -2.21. The molecule has 26 heavy (non-hydrogen) atoms. The largest absolute Gasteiger partial charge is 0.507 e. The molecule has 132 valence electrons. The van der Waals surface area contributed by atoms with E-state index in [9.17, 15) is 9.90 Å². The smallest absolute Gasteiger partial charge is 0.277 e. The van der Waals surface area contributed by atoms with Crippen LogP contribution in [0.1, 0.15) is 17.7 Å². The molecule has 0 radical (unpaired) electrons. The maximum absolute atomic E-state index is 13.1. The highest BCUT2D eigenvalue weighted by molar-refractivity contribution is 5.65. The molecular weight excluding hydrogens is 326 g/mol. The molecule has 0 atom stereocenters. The summed E-state index contributed by atoms with van der Waals surface area (Å²) in [5, 5.41) is 13.5. The first kappa shape index (κ1) is 16.4. The molecule has 0 amide bonds. The zero-order valence-corrected chi connectivity index (χ0v) is 14.5. The molecule has 0 saturated carbocycles. The van der Waals surface area contributed by atoms with Gasteiger partial charge in [0.1, 0.15) is 17.3 Å². The lowest BCUT2D eigenvalue weighted by atomic mass is 10.1. The number of fused-ring (bicyclic) bond motifs is 1. The summed E-state index contributed by atoms with van der Waals surface area (Å²) in [6, 6.07) is 17.1. The van der Waals surface area contributed by atoms with Gasteiger partial charge in [-0.2, -0.15) is 0 Å². The van der Waals surface area contributed by atoms with Gasteiger partial charge in [0.25, 0.3) is 5.56 Å². The number of aryl methyl sites for hydroxylation is 2. The van der Waals surface area contributed by atoms with E-state index in [1.54, 1.807) is 22.8 Å². The van der Waals surface area contributed by atoms with Crippen LogP contribution in [-0.4, -0.2) is 21.2 Å². The number of hydrogen-bond acceptors (Lipinski definition) is 4. The Hall–Kier alpha value is -3.08. The van der Waals surface area contributed by atoms with Gasteiger partial charge in [0.05, 0.1) is 11.3 Å². The van der Waals surface area contributed by atoms with Crippen LogP contribution in [0.4, 0.5) is 5.69 Å². The molecule has 4 rings (SSSR count). The van der Waals surface area contributed by atoms with Crippen LogP contribution < -0.4 is 10.9 Å². The van der Waals surface area contributed by atoms with Crippen LogP contribution in [0.3, 0.4) is 0 Å². The van der Waals surface area contributed by atoms with Crippen molar-refractivity contribution in [2.24, 2.45) is 0 Å². The topological polar surface area (TPSA) is 67.1 Å². The van der Waals surface area contributed by atoms with Crippen molar-refractivity contribution in [1.29, 1.82) is 0 Å². The molecule has 2 aromatic carbocycles. The number of rotatable bonds is 4. The SMILES string of the molecule is O=c1c2c(nc(-c3ccccc3O)n1CCc1ccccc1)CCCN2. The van der Waals surface area contributed by atoms with Crippen LogP contribution in [-0.2, 0) is 19.4 Å².